The summed E-state index contributed by atoms with van der Waals surface area (Å²) in [7, 11) is 0. The molecule has 3 aromatic rings. The van der Waals surface area contributed by atoms with Crippen LogP contribution in [0.15, 0.2) is 42.9 Å². The van der Waals surface area contributed by atoms with E-state index in [9.17, 15) is 0 Å². The second-order valence-corrected chi connectivity index (χ2v) is 4.99. The lowest BCUT2D eigenvalue weighted by Gasteiger charge is -2.00. The molecule has 0 aliphatic rings. The van der Waals surface area contributed by atoms with Crippen molar-refractivity contribution in [1.29, 1.82) is 0 Å². The Hall–Kier alpha value is -1.85. The second-order valence-electron chi connectivity index (χ2n) is 3.88. The first-order chi connectivity index (χ1) is 8.92. The van der Waals surface area contributed by atoms with Gasteiger partial charge in [0.05, 0.1) is 15.9 Å². The normalized spacial score (nSPS) is 10.9. The first-order valence-corrected chi connectivity index (χ1v) is 6.53. The molecule has 1 aromatic carbocycles. The number of nitrogens with zero attached hydrogens (tertiary/aromatic N) is 3. The summed E-state index contributed by atoms with van der Waals surface area (Å²) < 4.78 is 1.23. The minimum absolute atomic E-state index is 0.735. The molecule has 3 rings (SSSR count). The van der Waals surface area contributed by atoms with Crippen LogP contribution in [-0.2, 0) is 13.1 Å². The molecule has 0 aliphatic heterocycles. The van der Waals surface area contributed by atoms with Crippen molar-refractivity contribution in [1.82, 2.24) is 20.3 Å². The lowest BCUT2D eigenvalue weighted by Crippen LogP contribution is -2.13. The van der Waals surface area contributed by atoms with Crippen LogP contribution in [0.3, 0.4) is 0 Å². The fraction of sp³-hybridized carbons (Fsp3) is 0.154. The molecule has 4 nitrogen and oxygen atoms in total. The lowest BCUT2D eigenvalue weighted by molar-refractivity contribution is 0.676. The molecule has 2 aromatic heterocycles. The summed E-state index contributed by atoms with van der Waals surface area (Å²) in [5.41, 5.74) is 2.06. The molecule has 0 bridgehead atoms. The number of hydrogen-bond acceptors (Lipinski definition) is 5. The maximum absolute atomic E-state index is 4.57. The zero-order valence-electron chi connectivity index (χ0n) is 9.71. The van der Waals surface area contributed by atoms with Gasteiger partial charge in [0.25, 0.3) is 0 Å². The van der Waals surface area contributed by atoms with Crippen molar-refractivity contribution in [3.8, 4) is 0 Å². The summed E-state index contributed by atoms with van der Waals surface area (Å²) in [5.74, 6) is 0. The topological polar surface area (TPSA) is 50.7 Å². The Morgan fingerprint density at radius 1 is 1.11 bits per heavy atom. The van der Waals surface area contributed by atoms with Crippen molar-refractivity contribution in [2.24, 2.45) is 0 Å². The van der Waals surface area contributed by atoms with Gasteiger partial charge in [0.2, 0.25) is 0 Å². The van der Waals surface area contributed by atoms with Gasteiger partial charge in [-0.2, -0.15) is 0 Å². The third-order valence-corrected chi connectivity index (χ3v) is 3.60. The highest BCUT2D eigenvalue weighted by molar-refractivity contribution is 7.18. The van der Waals surface area contributed by atoms with Crippen LogP contribution in [0.25, 0.3) is 10.2 Å². The van der Waals surface area contributed by atoms with Crippen molar-refractivity contribution >= 4 is 21.6 Å². The van der Waals surface area contributed by atoms with Crippen LogP contribution in [-0.4, -0.2) is 15.0 Å². The Labute approximate surface area is 109 Å². The molecule has 0 spiro atoms. The van der Waals surface area contributed by atoms with E-state index in [1.54, 1.807) is 23.9 Å². The van der Waals surface area contributed by atoms with Crippen LogP contribution in [0, 0.1) is 0 Å². The highest BCUT2D eigenvalue weighted by Crippen LogP contribution is 2.21. The average Bonchev–Trinajstić information content (AvgIpc) is 2.82. The van der Waals surface area contributed by atoms with Gasteiger partial charge in [-0.25, -0.2) is 15.0 Å². The van der Waals surface area contributed by atoms with Crippen LogP contribution < -0.4 is 5.32 Å². The van der Waals surface area contributed by atoms with Crippen molar-refractivity contribution in [3.05, 3.63) is 53.6 Å². The van der Waals surface area contributed by atoms with Gasteiger partial charge in [0.15, 0.2) is 0 Å². The summed E-state index contributed by atoms with van der Waals surface area (Å²) in [6, 6.07) is 10.1. The van der Waals surface area contributed by atoms with Crippen LogP contribution in [0.5, 0.6) is 0 Å². The van der Waals surface area contributed by atoms with E-state index in [0.29, 0.717) is 0 Å². The van der Waals surface area contributed by atoms with Crippen LogP contribution >= 0.6 is 11.3 Å². The zero-order valence-corrected chi connectivity index (χ0v) is 10.5. The van der Waals surface area contributed by atoms with Gasteiger partial charge in [-0.1, -0.05) is 12.1 Å². The van der Waals surface area contributed by atoms with E-state index < -0.39 is 0 Å². The molecule has 5 heteroatoms. The molecule has 0 saturated carbocycles. The monoisotopic (exact) mass is 256 g/mol. The van der Waals surface area contributed by atoms with Crippen LogP contribution in [0.4, 0.5) is 0 Å². The molecule has 0 fully saturated rings. The molecular weight excluding hydrogens is 244 g/mol. The maximum atomic E-state index is 4.57. The van der Waals surface area contributed by atoms with E-state index in [-0.39, 0.29) is 0 Å². The highest BCUT2D eigenvalue weighted by atomic mass is 32.1. The molecule has 90 valence electrons. The molecule has 2 heterocycles. The Morgan fingerprint density at radius 2 is 2.06 bits per heavy atom. The van der Waals surface area contributed by atoms with E-state index >= 15 is 0 Å². The number of rotatable bonds is 4. The Balaban J connectivity index is 1.63. The quantitative estimate of drug-likeness (QED) is 0.778. The molecule has 0 atom stereocenters. The minimum atomic E-state index is 0.735. The van der Waals surface area contributed by atoms with Gasteiger partial charge in [-0.05, 0) is 18.2 Å². The minimum Gasteiger partial charge on any atom is -0.305 e. The fourth-order valence-electron chi connectivity index (χ4n) is 1.72. The van der Waals surface area contributed by atoms with Crippen molar-refractivity contribution < 1.29 is 0 Å². The molecule has 1 N–H and O–H groups in total. The van der Waals surface area contributed by atoms with E-state index in [4.69, 9.17) is 0 Å². The van der Waals surface area contributed by atoms with Crippen molar-refractivity contribution in [2.45, 2.75) is 13.1 Å². The van der Waals surface area contributed by atoms with Crippen molar-refractivity contribution in [2.75, 3.05) is 0 Å². The highest BCUT2D eigenvalue weighted by Gasteiger charge is 2.02. The van der Waals surface area contributed by atoms with Gasteiger partial charge < -0.3 is 5.32 Å². The summed E-state index contributed by atoms with van der Waals surface area (Å²) in [5, 5.41) is 4.44. The van der Waals surface area contributed by atoms with E-state index in [1.807, 2.05) is 24.3 Å². The molecule has 0 aliphatic carbocycles. The van der Waals surface area contributed by atoms with Gasteiger partial charge >= 0.3 is 0 Å². The van der Waals surface area contributed by atoms with E-state index in [1.165, 1.54) is 4.70 Å². The third kappa shape index (κ3) is 2.52. The first-order valence-electron chi connectivity index (χ1n) is 5.72. The number of nitrogens with one attached hydrogen (secondary N) is 1. The molecule has 0 radical (unpaired) electrons. The average molecular weight is 256 g/mol. The SMILES string of the molecule is c1ccc2sc(CNCc3ccncn3)nc2c1. The Bertz CT molecular complexity index is 603. The summed E-state index contributed by atoms with van der Waals surface area (Å²) in [6.45, 7) is 1.50. The molecule has 18 heavy (non-hydrogen) atoms. The summed E-state index contributed by atoms with van der Waals surface area (Å²) >= 11 is 1.73. The Morgan fingerprint density at radius 3 is 2.89 bits per heavy atom. The molecule has 0 saturated heterocycles. The predicted molar refractivity (Wildman–Crippen MR) is 72.2 cm³/mol. The van der Waals surface area contributed by atoms with Crippen molar-refractivity contribution in [3.63, 3.8) is 0 Å². The predicted octanol–water partition coefficient (Wildman–Crippen LogP) is 2.38. The number of para-hydroxylation sites is 1. The third-order valence-electron chi connectivity index (χ3n) is 2.56. The summed E-state index contributed by atoms with van der Waals surface area (Å²) in [4.78, 5) is 12.6. The van der Waals surface area contributed by atoms with Crippen LogP contribution in [0.2, 0.25) is 0 Å². The molecular formula is C13H12N4S. The number of fused-ring (bicyclic) bond motifs is 1. The zero-order chi connectivity index (χ0) is 12.2. The standard InChI is InChI=1S/C13H12N4S/c1-2-4-12-11(3-1)17-13(18-12)8-15-7-10-5-6-14-9-16-10/h1-6,9,15H,7-8H2. The van der Waals surface area contributed by atoms with E-state index in [2.05, 4.69) is 26.3 Å². The maximum Gasteiger partial charge on any atom is 0.115 e. The Kier molecular flexibility index (Phi) is 3.25. The smallest absolute Gasteiger partial charge is 0.115 e. The van der Waals surface area contributed by atoms with Crippen LogP contribution in [0.1, 0.15) is 10.7 Å². The largest absolute Gasteiger partial charge is 0.305 e. The molecule has 0 amide bonds. The van der Waals surface area contributed by atoms with E-state index in [0.717, 1.165) is 29.3 Å². The van der Waals surface area contributed by atoms with Gasteiger partial charge in [-0.3, -0.25) is 0 Å². The lowest BCUT2D eigenvalue weighted by atomic mass is 10.3. The second kappa shape index (κ2) is 5.20. The molecule has 0 unspecified atom stereocenters. The summed E-state index contributed by atoms with van der Waals surface area (Å²) in [6.07, 6.45) is 3.32. The first kappa shape index (κ1) is 11.3. The fourth-order valence-corrected chi connectivity index (χ4v) is 2.65. The number of benzene rings is 1. The number of aromatic nitrogens is 3. The number of thiazole rings is 1. The van der Waals surface area contributed by atoms with Gasteiger partial charge in [0, 0.05) is 19.3 Å². The van der Waals surface area contributed by atoms with Gasteiger partial charge in [0.1, 0.15) is 11.3 Å². The number of hydrogen-bond donors (Lipinski definition) is 1. The van der Waals surface area contributed by atoms with Gasteiger partial charge in [-0.15, -0.1) is 11.3 Å².